The molecule has 29 heavy (non-hydrogen) atoms. The molecule has 0 fully saturated rings. The lowest BCUT2D eigenvalue weighted by molar-refractivity contribution is -0.114. The number of carbonyl (C=O) groups is 1. The van der Waals surface area contributed by atoms with E-state index in [9.17, 15) is 4.79 Å². The van der Waals surface area contributed by atoms with Gasteiger partial charge in [-0.05, 0) is 54.4 Å². The van der Waals surface area contributed by atoms with Crippen molar-refractivity contribution in [2.45, 2.75) is 19.4 Å². The third-order valence-corrected chi connectivity index (χ3v) is 4.56. The highest BCUT2D eigenvalue weighted by atomic mass is 35.5. The summed E-state index contributed by atoms with van der Waals surface area (Å²) in [7, 11) is 0. The summed E-state index contributed by atoms with van der Waals surface area (Å²) in [4.78, 5) is 11.6. The van der Waals surface area contributed by atoms with Crippen molar-refractivity contribution < 1.29 is 9.53 Å². The van der Waals surface area contributed by atoms with Crippen LogP contribution in [0.1, 0.15) is 24.9 Å². The van der Waals surface area contributed by atoms with Gasteiger partial charge in [0.05, 0.1) is 11.7 Å². The quantitative estimate of drug-likeness (QED) is 0.403. The molecule has 3 aromatic rings. The number of hydrogen-bond donors (Lipinski definition) is 2. The normalized spacial score (nSPS) is 11.4. The number of rotatable bonds is 8. The average Bonchev–Trinajstić information content (AvgIpc) is 2.71. The van der Waals surface area contributed by atoms with Crippen LogP contribution in [0.2, 0.25) is 5.02 Å². The van der Waals surface area contributed by atoms with Crippen LogP contribution in [0.4, 0.5) is 11.4 Å². The Morgan fingerprint density at radius 3 is 2.38 bits per heavy atom. The third-order valence-electron chi connectivity index (χ3n) is 4.31. The molecule has 3 aromatic carbocycles. The first-order valence-corrected chi connectivity index (χ1v) is 9.71. The zero-order chi connectivity index (χ0) is 20.6. The van der Waals surface area contributed by atoms with E-state index in [0.717, 1.165) is 16.9 Å². The molecule has 0 saturated heterocycles. The second-order valence-corrected chi connectivity index (χ2v) is 6.98. The molecule has 148 valence electrons. The lowest BCUT2D eigenvalue weighted by Gasteiger charge is -2.23. The zero-order valence-electron chi connectivity index (χ0n) is 16.2. The lowest BCUT2D eigenvalue weighted by Crippen LogP contribution is -2.15. The van der Waals surface area contributed by atoms with Crippen molar-refractivity contribution in [1.82, 2.24) is 0 Å². The molecule has 0 aliphatic carbocycles. The van der Waals surface area contributed by atoms with Crippen LogP contribution in [-0.4, -0.2) is 5.91 Å². The summed E-state index contributed by atoms with van der Waals surface area (Å²) in [5.41, 5.74) is 2.59. The topological polar surface area (TPSA) is 50.4 Å². The summed E-state index contributed by atoms with van der Waals surface area (Å²) in [6.45, 7) is 5.39. The Balaban J connectivity index is 1.89. The molecule has 0 heterocycles. The molecule has 0 bridgehead atoms. The largest absolute Gasteiger partial charge is 0.455 e. The molecule has 0 aromatic heterocycles. The molecule has 5 heteroatoms. The maximum Gasteiger partial charge on any atom is 0.221 e. The van der Waals surface area contributed by atoms with Crippen LogP contribution in [-0.2, 0) is 4.79 Å². The second kappa shape index (κ2) is 9.80. The SMILES string of the molecule is C=CCC(Nc1ccccc1Oc1ccc(Cl)cc1)c1ccccc1NC(C)=O. The Bertz CT molecular complexity index is 986. The molecule has 0 saturated carbocycles. The van der Waals surface area contributed by atoms with Gasteiger partial charge in [0.15, 0.2) is 5.75 Å². The van der Waals surface area contributed by atoms with Gasteiger partial charge in [-0.1, -0.05) is 48.0 Å². The minimum atomic E-state index is -0.110. The van der Waals surface area contributed by atoms with E-state index < -0.39 is 0 Å². The van der Waals surface area contributed by atoms with E-state index >= 15 is 0 Å². The number of hydrogen-bond acceptors (Lipinski definition) is 3. The van der Waals surface area contributed by atoms with Crippen molar-refractivity contribution in [2.24, 2.45) is 0 Å². The Morgan fingerprint density at radius 2 is 1.69 bits per heavy atom. The molecule has 1 amide bonds. The molecule has 0 spiro atoms. The predicted molar refractivity (Wildman–Crippen MR) is 120 cm³/mol. The van der Waals surface area contributed by atoms with Crippen molar-refractivity contribution in [1.29, 1.82) is 0 Å². The standard InChI is InChI=1S/C24H23ClN2O2/c1-3-8-21(20-9-4-5-10-22(20)26-17(2)28)27-23-11-6-7-12-24(23)29-19-15-13-18(25)14-16-19/h3-7,9-16,21,27H,1,8H2,2H3,(H,26,28). The van der Waals surface area contributed by atoms with Gasteiger partial charge in [-0.2, -0.15) is 0 Å². The van der Waals surface area contributed by atoms with Crippen LogP contribution < -0.4 is 15.4 Å². The Kier molecular flexibility index (Phi) is 6.93. The van der Waals surface area contributed by atoms with Crippen LogP contribution in [0.3, 0.4) is 0 Å². The van der Waals surface area contributed by atoms with Crippen molar-refractivity contribution >= 4 is 28.9 Å². The van der Waals surface area contributed by atoms with Crippen LogP contribution >= 0.6 is 11.6 Å². The summed E-state index contributed by atoms with van der Waals surface area (Å²) < 4.78 is 6.06. The molecule has 0 radical (unpaired) electrons. The van der Waals surface area contributed by atoms with E-state index in [1.165, 1.54) is 6.92 Å². The number of anilines is 2. The molecule has 0 aliphatic heterocycles. The Morgan fingerprint density at radius 1 is 1.03 bits per heavy atom. The van der Waals surface area contributed by atoms with E-state index in [0.29, 0.717) is 22.9 Å². The summed E-state index contributed by atoms with van der Waals surface area (Å²) in [6.07, 6.45) is 2.52. The molecule has 0 aliphatic rings. The molecule has 1 unspecified atom stereocenters. The van der Waals surface area contributed by atoms with E-state index in [4.69, 9.17) is 16.3 Å². The molecule has 3 rings (SSSR count). The van der Waals surface area contributed by atoms with E-state index in [1.54, 1.807) is 12.1 Å². The van der Waals surface area contributed by atoms with E-state index in [-0.39, 0.29) is 11.9 Å². The monoisotopic (exact) mass is 406 g/mol. The number of benzene rings is 3. The summed E-state index contributed by atoms with van der Waals surface area (Å²) >= 11 is 5.96. The first kappa shape index (κ1) is 20.5. The predicted octanol–water partition coefficient (Wildman–Crippen LogP) is 6.82. The average molecular weight is 407 g/mol. The number of nitrogens with one attached hydrogen (secondary N) is 2. The summed E-state index contributed by atoms with van der Waals surface area (Å²) in [6, 6.07) is 22.6. The van der Waals surface area contributed by atoms with Gasteiger partial charge in [0.2, 0.25) is 5.91 Å². The number of para-hydroxylation sites is 3. The second-order valence-electron chi connectivity index (χ2n) is 6.54. The van der Waals surface area contributed by atoms with Gasteiger partial charge >= 0.3 is 0 Å². The highest BCUT2D eigenvalue weighted by Gasteiger charge is 2.16. The van der Waals surface area contributed by atoms with Crippen molar-refractivity contribution in [3.05, 3.63) is 96.0 Å². The van der Waals surface area contributed by atoms with Gasteiger partial charge in [-0.25, -0.2) is 0 Å². The van der Waals surface area contributed by atoms with Gasteiger partial charge in [0.25, 0.3) is 0 Å². The molecular formula is C24H23ClN2O2. The Hall–Kier alpha value is -3.24. The maximum atomic E-state index is 11.6. The van der Waals surface area contributed by atoms with Gasteiger partial charge in [-0.3, -0.25) is 4.79 Å². The van der Waals surface area contributed by atoms with E-state index in [2.05, 4.69) is 17.2 Å². The van der Waals surface area contributed by atoms with Crippen molar-refractivity contribution in [3.63, 3.8) is 0 Å². The van der Waals surface area contributed by atoms with Gasteiger partial charge in [-0.15, -0.1) is 6.58 Å². The first-order chi connectivity index (χ1) is 14.1. The smallest absolute Gasteiger partial charge is 0.221 e. The van der Waals surface area contributed by atoms with Crippen molar-refractivity contribution in [2.75, 3.05) is 10.6 Å². The van der Waals surface area contributed by atoms with Crippen LogP contribution in [0.15, 0.2) is 85.5 Å². The highest BCUT2D eigenvalue weighted by molar-refractivity contribution is 6.30. The fraction of sp³-hybridized carbons (Fsp3) is 0.125. The third kappa shape index (κ3) is 5.62. The molecule has 4 nitrogen and oxygen atoms in total. The Labute approximate surface area is 176 Å². The lowest BCUT2D eigenvalue weighted by atomic mass is 10.0. The highest BCUT2D eigenvalue weighted by Crippen LogP contribution is 2.35. The fourth-order valence-corrected chi connectivity index (χ4v) is 3.15. The molecular weight excluding hydrogens is 384 g/mol. The minimum absolute atomic E-state index is 0.0921. The van der Waals surface area contributed by atoms with Gasteiger partial charge < -0.3 is 15.4 Å². The van der Waals surface area contributed by atoms with Crippen molar-refractivity contribution in [3.8, 4) is 11.5 Å². The van der Waals surface area contributed by atoms with Gasteiger partial charge in [0, 0.05) is 17.6 Å². The summed E-state index contributed by atoms with van der Waals surface area (Å²) in [5, 5.41) is 7.09. The number of amides is 1. The molecule has 1 atom stereocenters. The maximum absolute atomic E-state index is 11.6. The minimum Gasteiger partial charge on any atom is -0.455 e. The molecule has 2 N–H and O–H groups in total. The number of ether oxygens (including phenoxy) is 1. The van der Waals surface area contributed by atoms with Crippen LogP contribution in [0.5, 0.6) is 11.5 Å². The van der Waals surface area contributed by atoms with Crippen LogP contribution in [0.25, 0.3) is 0 Å². The zero-order valence-corrected chi connectivity index (χ0v) is 16.9. The van der Waals surface area contributed by atoms with E-state index in [1.807, 2.05) is 66.7 Å². The number of carbonyl (C=O) groups excluding carboxylic acids is 1. The first-order valence-electron chi connectivity index (χ1n) is 9.33. The van der Waals surface area contributed by atoms with Gasteiger partial charge in [0.1, 0.15) is 5.75 Å². The number of halogens is 1. The van der Waals surface area contributed by atoms with Crippen LogP contribution in [0, 0.1) is 0 Å². The summed E-state index contributed by atoms with van der Waals surface area (Å²) in [5.74, 6) is 1.28. The fourth-order valence-electron chi connectivity index (χ4n) is 3.03.